The fraction of sp³-hybridized carbons (Fsp3) is 0.600. The molecule has 0 atom stereocenters. The molecule has 1 aromatic rings. The van der Waals surface area contributed by atoms with Gasteiger partial charge in [-0.2, -0.15) is 0 Å². The third kappa shape index (κ3) is 1.72. The minimum absolute atomic E-state index is 0.198. The zero-order chi connectivity index (χ0) is 11.3. The summed E-state index contributed by atoms with van der Waals surface area (Å²) in [6, 6.07) is 1.78. The summed E-state index contributed by atoms with van der Waals surface area (Å²) in [4.78, 5) is 0. The van der Waals surface area contributed by atoms with Gasteiger partial charge in [0.1, 0.15) is 5.76 Å². The number of furan rings is 1. The Labute approximate surface area is 94.9 Å². The minimum Gasteiger partial charge on any atom is -0.453 e. The lowest BCUT2D eigenvalue weighted by atomic mass is 9.64. The molecule has 1 fully saturated rings. The van der Waals surface area contributed by atoms with E-state index in [0.29, 0.717) is 10.4 Å². The summed E-state index contributed by atoms with van der Waals surface area (Å²) in [5.41, 5.74) is 5.80. The molecular weight excluding hydrogens is 268 g/mol. The van der Waals surface area contributed by atoms with E-state index >= 15 is 0 Å². The van der Waals surface area contributed by atoms with Crippen LogP contribution < -0.4 is 5.73 Å². The largest absolute Gasteiger partial charge is 0.453 e. The molecule has 1 aliphatic carbocycles. The Morgan fingerprint density at radius 3 is 2.47 bits per heavy atom. The van der Waals surface area contributed by atoms with Crippen molar-refractivity contribution in [1.29, 1.82) is 0 Å². The number of halogens is 3. The molecular formula is C10H12BrF2NO. The van der Waals surface area contributed by atoms with E-state index in [-0.39, 0.29) is 19.4 Å². The summed E-state index contributed by atoms with van der Waals surface area (Å²) in [6.07, 6.45) is -0.422. The van der Waals surface area contributed by atoms with Gasteiger partial charge in [-0.3, -0.25) is 0 Å². The first-order chi connectivity index (χ1) is 6.88. The number of alkyl halides is 2. The van der Waals surface area contributed by atoms with Crippen molar-refractivity contribution in [3.8, 4) is 0 Å². The second-order valence-corrected chi connectivity index (χ2v) is 5.04. The standard InChI is InChI=1S/C10H12BrF2NO/c1-6-2-7(11)15-8(6)9(5-14)3-10(12,13)4-9/h2H,3-5,14H2,1H3. The molecule has 0 saturated heterocycles. The van der Waals surface area contributed by atoms with Crippen molar-refractivity contribution >= 4 is 15.9 Å². The Kier molecular flexibility index (Phi) is 2.43. The monoisotopic (exact) mass is 279 g/mol. The summed E-state index contributed by atoms with van der Waals surface area (Å²) in [7, 11) is 0. The van der Waals surface area contributed by atoms with Gasteiger partial charge in [0.05, 0.1) is 5.41 Å². The van der Waals surface area contributed by atoms with Crippen LogP contribution in [0.25, 0.3) is 0 Å². The average Bonchev–Trinajstić information content (AvgIpc) is 2.40. The molecule has 1 saturated carbocycles. The van der Waals surface area contributed by atoms with Crippen LogP contribution in [0.15, 0.2) is 15.2 Å². The molecule has 84 valence electrons. The molecule has 0 spiro atoms. The van der Waals surface area contributed by atoms with Crippen LogP contribution in [-0.4, -0.2) is 12.5 Å². The topological polar surface area (TPSA) is 39.2 Å². The molecule has 2 rings (SSSR count). The van der Waals surface area contributed by atoms with Crippen molar-refractivity contribution in [2.45, 2.75) is 31.1 Å². The molecule has 15 heavy (non-hydrogen) atoms. The molecule has 0 bridgehead atoms. The summed E-state index contributed by atoms with van der Waals surface area (Å²) >= 11 is 3.19. The number of hydrogen-bond acceptors (Lipinski definition) is 2. The van der Waals surface area contributed by atoms with Gasteiger partial charge in [-0.25, -0.2) is 8.78 Å². The Balaban J connectivity index is 2.33. The number of aryl methyl sites for hydroxylation is 1. The Hall–Kier alpha value is -0.420. The van der Waals surface area contributed by atoms with E-state index in [1.807, 2.05) is 6.92 Å². The summed E-state index contributed by atoms with van der Waals surface area (Å²) < 4.78 is 31.8. The summed E-state index contributed by atoms with van der Waals surface area (Å²) in [6.45, 7) is 2.04. The van der Waals surface area contributed by atoms with Crippen LogP contribution in [-0.2, 0) is 5.41 Å². The normalized spacial score (nSPS) is 22.5. The summed E-state index contributed by atoms with van der Waals surface area (Å²) in [5.74, 6) is -1.99. The van der Waals surface area contributed by atoms with E-state index in [9.17, 15) is 8.78 Å². The van der Waals surface area contributed by atoms with Gasteiger partial charge >= 0.3 is 0 Å². The molecule has 0 radical (unpaired) electrons. The van der Waals surface area contributed by atoms with Crippen molar-refractivity contribution < 1.29 is 13.2 Å². The molecule has 0 aromatic carbocycles. The van der Waals surface area contributed by atoms with Crippen LogP contribution in [0.1, 0.15) is 24.2 Å². The van der Waals surface area contributed by atoms with Crippen molar-refractivity contribution in [2.24, 2.45) is 5.73 Å². The van der Waals surface area contributed by atoms with Crippen LogP contribution in [0.3, 0.4) is 0 Å². The number of rotatable bonds is 2. The Morgan fingerprint density at radius 1 is 1.53 bits per heavy atom. The smallest absolute Gasteiger partial charge is 0.250 e. The van der Waals surface area contributed by atoms with Gasteiger partial charge < -0.3 is 10.2 Å². The minimum atomic E-state index is -2.59. The predicted octanol–water partition coefficient (Wildman–Crippen LogP) is 2.98. The van der Waals surface area contributed by atoms with Gasteiger partial charge in [0.2, 0.25) is 5.92 Å². The second-order valence-electron chi connectivity index (χ2n) is 4.26. The zero-order valence-corrected chi connectivity index (χ0v) is 9.90. The lowest BCUT2D eigenvalue weighted by molar-refractivity contribution is -0.129. The van der Waals surface area contributed by atoms with Crippen LogP contribution in [0, 0.1) is 6.92 Å². The fourth-order valence-corrected chi connectivity index (χ4v) is 2.81. The van der Waals surface area contributed by atoms with Crippen molar-refractivity contribution in [3.05, 3.63) is 22.1 Å². The van der Waals surface area contributed by atoms with Crippen LogP contribution >= 0.6 is 15.9 Å². The third-order valence-electron chi connectivity index (χ3n) is 2.95. The fourth-order valence-electron chi connectivity index (χ4n) is 2.31. The first kappa shape index (κ1) is 11.1. The SMILES string of the molecule is Cc1cc(Br)oc1C1(CN)CC(F)(F)C1. The highest BCUT2D eigenvalue weighted by molar-refractivity contribution is 9.10. The first-order valence-corrected chi connectivity index (χ1v) is 5.52. The third-order valence-corrected chi connectivity index (χ3v) is 3.34. The highest BCUT2D eigenvalue weighted by Crippen LogP contribution is 2.54. The maximum Gasteiger partial charge on any atom is 0.250 e. The summed E-state index contributed by atoms with van der Waals surface area (Å²) in [5, 5.41) is 0. The van der Waals surface area contributed by atoms with Gasteiger partial charge in [-0.05, 0) is 34.5 Å². The number of nitrogens with two attached hydrogens (primary N) is 1. The van der Waals surface area contributed by atoms with Gasteiger partial charge in [0.25, 0.3) is 0 Å². The highest BCUT2D eigenvalue weighted by atomic mass is 79.9. The van der Waals surface area contributed by atoms with Crippen LogP contribution in [0.5, 0.6) is 0 Å². The molecule has 0 unspecified atom stereocenters. The van der Waals surface area contributed by atoms with Gasteiger partial charge in [-0.15, -0.1) is 0 Å². The predicted molar refractivity (Wildman–Crippen MR) is 56.1 cm³/mol. The molecule has 2 N–H and O–H groups in total. The van der Waals surface area contributed by atoms with Crippen LogP contribution in [0.4, 0.5) is 8.78 Å². The van der Waals surface area contributed by atoms with E-state index in [1.165, 1.54) is 0 Å². The average molecular weight is 280 g/mol. The molecule has 1 aromatic heterocycles. The van der Waals surface area contributed by atoms with E-state index in [1.54, 1.807) is 6.07 Å². The van der Waals surface area contributed by atoms with E-state index in [0.717, 1.165) is 5.56 Å². The van der Waals surface area contributed by atoms with Crippen LogP contribution in [0.2, 0.25) is 0 Å². The second kappa shape index (κ2) is 3.28. The molecule has 5 heteroatoms. The molecule has 0 amide bonds. The molecule has 1 aliphatic rings. The lowest BCUT2D eigenvalue weighted by Gasteiger charge is -2.45. The van der Waals surface area contributed by atoms with Gasteiger partial charge in [0, 0.05) is 19.4 Å². The molecule has 1 heterocycles. The maximum absolute atomic E-state index is 12.9. The van der Waals surface area contributed by atoms with E-state index in [4.69, 9.17) is 10.2 Å². The lowest BCUT2D eigenvalue weighted by Crippen LogP contribution is -2.53. The number of hydrogen-bond donors (Lipinski definition) is 1. The van der Waals surface area contributed by atoms with E-state index < -0.39 is 11.3 Å². The van der Waals surface area contributed by atoms with E-state index in [2.05, 4.69) is 15.9 Å². The van der Waals surface area contributed by atoms with Crippen molar-refractivity contribution in [2.75, 3.05) is 6.54 Å². The van der Waals surface area contributed by atoms with Crippen molar-refractivity contribution in [3.63, 3.8) is 0 Å². The quantitative estimate of drug-likeness (QED) is 0.904. The maximum atomic E-state index is 12.9. The van der Waals surface area contributed by atoms with Gasteiger partial charge in [-0.1, -0.05) is 0 Å². The zero-order valence-electron chi connectivity index (χ0n) is 8.32. The Morgan fingerprint density at radius 2 is 2.13 bits per heavy atom. The van der Waals surface area contributed by atoms with Gasteiger partial charge in [0.15, 0.2) is 4.67 Å². The first-order valence-electron chi connectivity index (χ1n) is 4.73. The molecule has 2 nitrogen and oxygen atoms in total. The molecule has 0 aliphatic heterocycles. The Bertz CT molecular complexity index is 381. The van der Waals surface area contributed by atoms with Crippen molar-refractivity contribution in [1.82, 2.24) is 0 Å². The highest BCUT2D eigenvalue weighted by Gasteiger charge is 2.58.